The molecular formula is C20H19FN7O5S3+. The fourth-order valence-corrected chi connectivity index (χ4v) is 5.77. The molecule has 2 atom stereocenters. The number of hydrogen-bond donors (Lipinski definition) is 3. The molecule has 0 saturated carbocycles. The zero-order valence-electron chi connectivity index (χ0n) is 18.5. The molecule has 36 heavy (non-hydrogen) atoms. The van der Waals surface area contributed by atoms with E-state index in [9.17, 15) is 23.9 Å². The zero-order chi connectivity index (χ0) is 25.8. The van der Waals surface area contributed by atoms with Crippen molar-refractivity contribution in [1.82, 2.24) is 19.6 Å². The number of carbonyl (C=O) groups excluding carboxylic acids is 2. The Labute approximate surface area is 216 Å². The third kappa shape index (κ3) is 5.34. The van der Waals surface area contributed by atoms with Gasteiger partial charge < -0.3 is 21.0 Å². The number of oxime groups is 1. The van der Waals surface area contributed by atoms with Gasteiger partial charge >= 0.3 is 5.97 Å². The quantitative estimate of drug-likeness (QED) is 0.132. The number of β-lactam (4-membered cyclic amide) rings is 1. The summed E-state index contributed by atoms with van der Waals surface area (Å²) >= 11 is 3.51. The van der Waals surface area contributed by atoms with Crippen LogP contribution in [-0.4, -0.2) is 66.9 Å². The van der Waals surface area contributed by atoms with E-state index < -0.39 is 41.8 Å². The second-order valence-electron chi connectivity index (χ2n) is 7.29. The first kappa shape index (κ1) is 25.6. The Balaban J connectivity index is 1.48. The molecule has 0 aromatic carbocycles. The van der Waals surface area contributed by atoms with Crippen LogP contribution in [0.1, 0.15) is 5.82 Å². The largest absolute Gasteiger partial charge is 0.477 e. The number of aryl methyl sites for hydroxylation is 1. The van der Waals surface area contributed by atoms with Crippen LogP contribution < -0.4 is 15.6 Å². The Bertz CT molecular complexity index is 1280. The summed E-state index contributed by atoms with van der Waals surface area (Å²) in [4.78, 5) is 48.0. The van der Waals surface area contributed by atoms with Crippen molar-refractivity contribution in [3.8, 4) is 0 Å². The van der Waals surface area contributed by atoms with E-state index in [-0.39, 0.29) is 16.7 Å². The van der Waals surface area contributed by atoms with Crippen LogP contribution in [0.25, 0.3) is 0 Å². The van der Waals surface area contributed by atoms with Gasteiger partial charge in [-0.1, -0.05) is 16.9 Å². The standard InChI is InChI=1S/C20H18FN7O5S3/c1-27-5-2-11(3-6-27)34-7-4-10-8-35-18-13(17(30)28(18)14(10)19(31)32)23-16(29)12(25-33-9-21)15-24-20(22)36-26-15/h2-7,13,18H,8-9H2,1H3,(H3-,22,23,24,26,29,31,32)/p+1/b7-4+,25-12-/t13-,18-/m1/s1. The number of hydrogen-bond acceptors (Lipinski definition) is 11. The molecule has 12 nitrogen and oxygen atoms in total. The predicted molar refractivity (Wildman–Crippen MR) is 130 cm³/mol. The second kappa shape index (κ2) is 11.0. The van der Waals surface area contributed by atoms with Crippen molar-refractivity contribution >= 4 is 63.7 Å². The summed E-state index contributed by atoms with van der Waals surface area (Å²) in [6.45, 7) is -1.30. The van der Waals surface area contributed by atoms with Crippen LogP contribution in [0.2, 0.25) is 0 Å². The van der Waals surface area contributed by atoms with Crippen LogP contribution in [-0.2, 0) is 26.3 Å². The first-order valence-corrected chi connectivity index (χ1v) is 12.9. The Kier molecular flexibility index (Phi) is 7.85. The molecule has 2 aliphatic heterocycles. The number of amides is 2. The Hall–Kier alpha value is -3.50. The van der Waals surface area contributed by atoms with Crippen molar-refractivity contribution < 1.29 is 33.3 Å². The number of nitrogens with two attached hydrogens (primary N) is 1. The smallest absolute Gasteiger partial charge is 0.352 e. The number of carboxylic acids is 1. The van der Waals surface area contributed by atoms with Gasteiger partial charge in [-0.25, -0.2) is 13.8 Å². The number of nitrogen functional groups attached to an aromatic ring is 1. The molecule has 4 N–H and O–H groups in total. The van der Waals surface area contributed by atoms with Gasteiger partial charge in [0.25, 0.3) is 18.7 Å². The van der Waals surface area contributed by atoms with Gasteiger partial charge in [0.2, 0.25) is 11.5 Å². The van der Waals surface area contributed by atoms with Gasteiger partial charge in [0.1, 0.15) is 24.2 Å². The highest BCUT2D eigenvalue weighted by Gasteiger charge is 2.54. The molecule has 1 fully saturated rings. The Morgan fingerprint density at radius 1 is 1.47 bits per heavy atom. The highest BCUT2D eigenvalue weighted by molar-refractivity contribution is 8.02. The molecule has 2 aromatic heterocycles. The highest BCUT2D eigenvalue weighted by Crippen LogP contribution is 2.41. The number of fused-ring (bicyclic) bond motifs is 1. The first-order valence-electron chi connectivity index (χ1n) is 10.2. The number of pyridine rings is 1. The molecule has 0 radical (unpaired) electrons. The van der Waals surface area contributed by atoms with E-state index in [1.165, 1.54) is 23.5 Å². The lowest BCUT2D eigenvalue weighted by Gasteiger charge is -2.49. The number of aliphatic carboxylic acids is 1. The summed E-state index contributed by atoms with van der Waals surface area (Å²) in [6.07, 6.45) is 5.46. The number of anilines is 1. The van der Waals surface area contributed by atoms with E-state index in [4.69, 9.17) is 5.73 Å². The lowest BCUT2D eigenvalue weighted by Crippen LogP contribution is -2.71. The van der Waals surface area contributed by atoms with Crippen molar-refractivity contribution in [1.29, 1.82) is 0 Å². The molecule has 16 heteroatoms. The fraction of sp³-hybridized carbons (Fsp3) is 0.250. The van der Waals surface area contributed by atoms with Gasteiger partial charge in [0, 0.05) is 34.3 Å². The molecule has 4 heterocycles. The van der Waals surface area contributed by atoms with Gasteiger partial charge in [0.15, 0.2) is 17.5 Å². The number of thioether (sulfide) groups is 2. The van der Waals surface area contributed by atoms with Gasteiger partial charge in [-0.15, -0.1) is 11.8 Å². The first-order chi connectivity index (χ1) is 17.3. The van der Waals surface area contributed by atoms with Crippen LogP contribution in [0.15, 0.2) is 57.3 Å². The number of alkyl halides is 1. The predicted octanol–water partition coefficient (Wildman–Crippen LogP) is 0.637. The van der Waals surface area contributed by atoms with Crippen molar-refractivity contribution in [2.45, 2.75) is 16.3 Å². The maximum absolute atomic E-state index is 12.9. The van der Waals surface area contributed by atoms with E-state index in [0.29, 0.717) is 11.3 Å². The van der Waals surface area contributed by atoms with Crippen LogP contribution in [0.5, 0.6) is 0 Å². The number of halogens is 1. The molecule has 0 aliphatic carbocycles. The molecule has 2 aromatic rings. The normalized spacial score (nSPS) is 19.8. The van der Waals surface area contributed by atoms with Crippen molar-refractivity contribution in [2.75, 3.05) is 18.3 Å². The number of aromatic nitrogens is 3. The van der Waals surface area contributed by atoms with Gasteiger partial charge in [-0.05, 0) is 17.1 Å². The van der Waals surface area contributed by atoms with Gasteiger partial charge in [-0.2, -0.15) is 9.36 Å². The lowest BCUT2D eigenvalue weighted by atomic mass is 10.0. The van der Waals surface area contributed by atoms with Gasteiger partial charge in [-0.3, -0.25) is 14.5 Å². The van der Waals surface area contributed by atoms with Crippen LogP contribution in [0.4, 0.5) is 9.52 Å². The molecule has 4 rings (SSSR count). The fourth-order valence-electron chi connectivity index (χ4n) is 3.35. The number of rotatable bonds is 9. The lowest BCUT2D eigenvalue weighted by molar-refractivity contribution is -0.671. The molecule has 1 saturated heterocycles. The molecule has 188 valence electrons. The van der Waals surface area contributed by atoms with Crippen LogP contribution in [0, 0.1) is 0 Å². The number of nitrogens with zero attached hydrogens (tertiary/aromatic N) is 5. The summed E-state index contributed by atoms with van der Waals surface area (Å²) in [5, 5.41) is 16.9. The number of nitrogens with one attached hydrogen (secondary N) is 1. The van der Waals surface area contributed by atoms with E-state index in [2.05, 4.69) is 24.7 Å². The van der Waals surface area contributed by atoms with Crippen LogP contribution in [0.3, 0.4) is 0 Å². The molecule has 2 amide bonds. The van der Waals surface area contributed by atoms with Crippen LogP contribution >= 0.6 is 35.1 Å². The zero-order valence-corrected chi connectivity index (χ0v) is 21.0. The third-order valence-electron chi connectivity index (χ3n) is 4.98. The summed E-state index contributed by atoms with van der Waals surface area (Å²) < 4.78 is 18.2. The second-order valence-corrected chi connectivity index (χ2v) is 10.2. The highest BCUT2D eigenvalue weighted by atomic mass is 32.2. The van der Waals surface area contributed by atoms with Crippen molar-refractivity contribution in [3.05, 3.63) is 53.1 Å². The summed E-state index contributed by atoms with van der Waals surface area (Å²) in [5.74, 6) is -2.64. The summed E-state index contributed by atoms with van der Waals surface area (Å²) in [5.41, 5.74) is 5.40. The molecular weight excluding hydrogens is 533 g/mol. The third-order valence-corrected chi connectivity index (χ3v) is 7.64. The Morgan fingerprint density at radius 2 is 2.22 bits per heavy atom. The topological polar surface area (TPSA) is 164 Å². The van der Waals surface area contributed by atoms with Crippen molar-refractivity contribution in [3.63, 3.8) is 0 Å². The maximum Gasteiger partial charge on any atom is 0.352 e. The van der Waals surface area contributed by atoms with E-state index >= 15 is 0 Å². The van der Waals surface area contributed by atoms with E-state index in [0.717, 1.165) is 21.3 Å². The number of carbonyl (C=O) groups is 3. The van der Waals surface area contributed by atoms with Crippen molar-refractivity contribution in [2.24, 2.45) is 12.2 Å². The minimum absolute atomic E-state index is 0.0516. The summed E-state index contributed by atoms with van der Waals surface area (Å²) in [6, 6.07) is 2.81. The SMILES string of the molecule is C[n+]1ccc(S/C=C/C2=C(C(=O)O)N3C(=O)[C@@H](NC(=O)/C(=N\OCF)c4nsc(N)n4)[C@H]3SC2)cc1. The average molecular weight is 553 g/mol. The molecule has 2 aliphatic rings. The minimum Gasteiger partial charge on any atom is -0.477 e. The van der Waals surface area contributed by atoms with E-state index in [1.807, 2.05) is 36.1 Å². The summed E-state index contributed by atoms with van der Waals surface area (Å²) in [7, 11) is 1.90. The van der Waals surface area contributed by atoms with E-state index in [1.54, 1.807) is 11.5 Å². The monoisotopic (exact) mass is 552 g/mol. The molecule has 0 spiro atoms. The maximum atomic E-state index is 12.9. The Morgan fingerprint density at radius 3 is 2.86 bits per heavy atom. The van der Waals surface area contributed by atoms with Gasteiger partial charge in [0.05, 0.1) is 0 Å². The number of carboxylic acid groups (broad SMARTS) is 1. The minimum atomic E-state index is -1.30. The molecule has 0 bridgehead atoms. The number of allylic oxidation sites excluding steroid dienone is 1. The molecule has 0 unspecified atom stereocenters. The average Bonchev–Trinajstić information content (AvgIpc) is 3.29.